The first-order valence-electron chi connectivity index (χ1n) is 11.2. The van der Waals surface area contributed by atoms with Crippen molar-refractivity contribution in [2.24, 2.45) is 11.3 Å². The van der Waals surface area contributed by atoms with Gasteiger partial charge in [0, 0.05) is 28.1 Å². The summed E-state index contributed by atoms with van der Waals surface area (Å²) >= 11 is 6.09. The van der Waals surface area contributed by atoms with E-state index in [1.165, 1.54) is 6.07 Å². The number of piperidine rings is 3. The summed E-state index contributed by atoms with van der Waals surface area (Å²) < 4.78 is 27.0. The zero-order valence-corrected chi connectivity index (χ0v) is 19.1. The smallest absolute Gasteiger partial charge is 0.407 e. The highest BCUT2D eigenvalue weighted by Gasteiger charge is 2.41. The topological polar surface area (TPSA) is 50.8 Å². The lowest BCUT2D eigenvalue weighted by Crippen LogP contribution is -2.53. The number of carbonyl (C=O) groups excluding carboxylic acids is 1. The van der Waals surface area contributed by atoms with E-state index in [1.54, 1.807) is 24.3 Å². The Hall–Kier alpha value is -2.31. The molecule has 0 radical (unpaired) electrons. The molecule has 1 unspecified atom stereocenters. The minimum atomic E-state index is -0.450. The Kier molecular flexibility index (Phi) is 5.54. The zero-order chi connectivity index (χ0) is 22.5. The minimum absolute atomic E-state index is 0.0816. The van der Waals surface area contributed by atoms with Crippen LogP contribution in [0.2, 0.25) is 5.02 Å². The number of alkyl carbamates (subject to hydrolysis) is 1. The van der Waals surface area contributed by atoms with Crippen molar-refractivity contribution < 1.29 is 18.7 Å². The molecule has 5 nitrogen and oxygen atoms in total. The largest absolute Gasteiger partial charge is 0.493 e. The van der Waals surface area contributed by atoms with Crippen LogP contribution in [0, 0.1) is 17.2 Å². The second kappa shape index (κ2) is 8.23. The second-order valence-electron chi connectivity index (χ2n) is 9.82. The molecule has 2 bridgehead atoms. The molecular weight excluding hydrogens is 431 g/mol. The molecule has 1 amide bonds. The maximum atomic E-state index is 15.2. The SMILES string of the molecule is CC1(C)COc2cc(-c3cccc(Cl)c3)c(F)cc2C1NC(=O)O[C@H]1CN2CCC1CC2. The van der Waals surface area contributed by atoms with E-state index >= 15 is 4.39 Å². The molecule has 4 aliphatic rings. The van der Waals surface area contributed by atoms with Crippen molar-refractivity contribution >= 4 is 17.7 Å². The van der Waals surface area contributed by atoms with Gasteiger partial charge in [-0.2, -0.15) is 0 Å². The second-order valence-corrected chi connectivity index (χ2v) is 10.3. The van der Waals surface area contributed by atoms with E-state index in [0.29, 0.717) is 40.0 Å². The van der Waals surface area contributed by atoms with E-state index in [4.69, 9.17) is 21.1 Å². The molecule has 2 aromatic carbocycles. The summed E-state index contributed by atoms with van der Waals surface area (Å²) in [6.07, 6.45) is 1.61. The molecule has 170 valence electrons. The lowest BCUT2D eigenvalue weighted by Gasteiger charge is -2.44. The normalized spacial score (nSPS) is 27.9. The molecule has 4 aliphatic heterocycles. The fourth-order valence-electron chi connectivity index (χ4n) is 5.17. The Balaban J connectivity index is 1.39. The summed E-state index contributed by atoms with van der Waals surface area (Å²) in [4.78, 5) is 15.2. The van der Waals surface area contributed by atoms with Crippen LogP contribution < -0.4 is 10.1 Å². The van der Waals surface area contributed by atoms with E-state index in [-0.39, 0.29) is 11.9 Å². The summed E-state index contributed by atoms with van der Waals surface area (Å²) in [5.74, 6) is 0.608. The number of halogens is 2. The number of nitrogens with one attached hydrogen (secondary N) is 1. The summed E-state index contributed by atoms with van der Waals surface area (Å²) in [6, 6.07) is 9.80. The van der Waals surface area contributed by atoms with Crippen LogP contribution in [0.15, 0.2) is 36.4 Å². The van der Waals surface area contributed by atoms with Gasteiger partial charge in [0.25, 0.3) is 0 Å². The highest BCUT2D eigenvalue weighted by molar-refractivity contribution is 6.30. The lowest BCUT2D eigenvalue weighted by molar-refractivity contribution is -0.0361. The van der Waals surface area contributed by atoms with Crippen molar-refractivity contribution in [1.29, 1.82) is 0 Å². The minimum Gasteiger partial charge on any atom is -0.493 e. The van der Waals surface area contributed by atoms with E-state index in [0.717, 1.165) is 32.5 Å². The Morgan fingerprint density at radius 2 is 2.03 bits per heavy atom. The molecule has 0 aliphatic carbocycles. The van der Waals surface area contributed by atoms with Gasteiger partial charge < -0.3 is 14.8 Å². The average molecular weight is 459 g/mol. The standard InChI is InChI=1S/C25H28ClFN2O3/c1-25(2)14-31-21-12-18(16-4-3-5-17(26)10-16)20(27)11-19(21)23(25)28-24(30)32-22-13-29-8-6-15(22)7-9-29/h3-5,10-12,15,22-23H,6-9,13-14H2,1-2H3,(H,28,30)/t22-,23?/m0/s1. The average Bonchev–Trinajstić information content (AvgIpc) is 2.76. The monoisotopic (exact) mass is 458 g/mol. The quantitative estimate of drug-likeness (QED) is 0.666. The molecule has 0 saturated carbocycles. The highest BCUT2D eigenvalue weighted by atomic mass is 35.5. The van der Waals surface area contributed by atoms with Gasteiger partial charge in [-0.1, -0.05) is 37.6 Å². The summed E-state index contributed by atoms with van der Waals surface area (Å²) in [6.45, 7) is 7.35. The molecule has 3 fully saturated rings. The highest BCUT2D eigenvalue weighted by Crippen LogP contribution is 2.45. The number of nitrogens with zero attached hydrogens (tertiary/aromatic N) is 1. The van der Waals surface area contributed by atoms with E-state index < -0.39 is 17.6 Å². The van der Waals surface area contributed by atoms with Crippen LogP contribution in [0.1, 0.15) is 38.3 Å². The van der Waals surface area contributed by atoms with Crippen molar-refractivity contribution in [3.8, 4) is 16.9 Å². The molecule has 2 atom stereocenters. The Morgan fingerprint density at radius 3 is 2.72 bits per heavy atom. The molecule has 6 rings (SSSR count). The number of hydrogen-bond donors (Lipinski definition) is 1. The Morgan fingerprint density at radius 1 is 1.25 bits per heavy atom. The fraction of sp³-hybridized carbons (Fsp3) is 0.480. The molecule has 3 saturated heterocycles. The molecule has 2 aromatic rings. The van der Waals surface area contributed by atoms with Crippen molar-refractivity contribution in [3.63, 3.8) is 0 Å². The Labute approximate surface area is 192 Å². The molecule has 0 spiro atoms. The number of fused-ring (bicyclic) bond motifs is 4. The number of carbonyl (C=O) groups is 1. The van der Waals surface area contributed by atoms with Crippen molar-refractivity contribution in [2.75, 3.05) is 26.2 Å². The van der Waals surface area contributed by atoms with Gasteiger partial charge in [-0.05, 0) is 61.7 Å². The first-order chi connectivity index (χ1) is 15.3. The fourth-order valence-corrected chi connectivity index (χ4v) is 5.36. The molecule has 0 aromatic heterocycles. The van der Waals surface area contributed by atoms with Gasteiger partial charge in [0.2, 0.25) is 0 Å². The third kappa shape index (κ3) is 4.06. The third-order valence-electron chi connectivity index (χ3n) is 7.04. The number of benzene rings is 2. The predicted octanol–water partition coefficient (Wildman–Crippen LogP) is 5.43. The first-order valence-corrected chi connectivity index (χ1v) is 11.6. The van der Waals surface area contributed by atoms with Crippen LogP contribution in [0.5, 0.6) is 5.75 Å². The third-order valence-corrected chi connectivity index (χ3v) is 7.28. The van der Waals surface area contributed by atoms with Crippen LogP contribution in [0.3, 0.4) is 0 Å². The van der Waals surface area contributed by atoms with E-state index in [2.05, 4.69) is 10.2 Å². The van der Waals surface area contributed by atoms with Crippen molar-refractivity contribution in [2.45, 2.75) is 38.8 Å². The van der Waals surface area contributed by atoms with Gasteiger partial charge in [-0.15, -0.1) is 0 Å². The van der Waals surface area contributed by atoms with Gasteiger partial charge in [0.15, 0.2) is 0 Å². The molecule has 7 heteroatoms. The number of hydrogen-bond acceptors (Lipinski definition) is 4. The summed E-state index contributed by atoms with van der Waals surface area (Å²) in [7, 11) is 0. The number of rotatable bonds is 3. The molecule has 32 heavy (non-hydrogen) atoms. The van der Waals surface area contributed by atoms with Crippen molar-refractivity contribution in [3.05, 3.63) is 52.8 Å². The summed E-state index contributed by atoms with van der Waals surface area (Å²) in [5, 5.41) is 3.56. The van der Waals surface area contributed by atoms with Gasteiger partial charge in [0.1, 0.15) is 17.7 Å². The van der Waals surface area contributed by atoms with Crippen LogP contribution >= 0.6 is 11.6 Å². The lowest BCUT2D eigenvalue weighted by atomic mass is 9.78. The Bertz CT molecular complexity index is 1040. The maximum absolute atomic E-state index is 15.2. The van der Waals surface area contributed by atoms with Crippen molar-refractivity contribution in [1.82, 2.24) is 10.2 Å². The molecule has 1 N–H and O–H groups in total. The van der Waals surface area contributed by atoms with Crippen LogP contribution in [-0.2, 0) is 4.74 Å². The van der Waals surface area contributed by atoms with Crippen LogP contribution in [-0.4, -0.2) is 43.3 Å². The number of ether oxygens (including phenoxy) is 2. The molecule has 4 heterocycles. The van der Waals surface area contributed by atoms with Gasteiger partial charge in [0.05, 0.1) is 12.6 Å². The zero-order valence-electron chi connectivity index (χ0n) is 18.4. The van der Waals surface area contributed by atoms with Gasteiger partial charge >= 0.3 is 6.09 Å². The van der Waals surface area contributed by atoms with Crippen LogP contribution in [0.25, 0.3) is 11.1 Å². The first kappa shape index (κ1) is 21.5. The van der Waals surface area contributed by atoms with Gasteiger partial charge in [-0.25, -0.2) is 9.18 Å². The molecular formula is C25H28ClFN2O3. The van der Waals surface area contributed by atoms with E-state index in [9.17, 15) is 4.79 Å². The van der Waals surface area contributed by atoms with Gasteiger partial charge in [-0.3, -0.25) is 4.90 Å². The van der Waals surface area contributed by atoms with E-state index in [1.807, 2.05) is 19.9 Å². The summed E-state index contributed by atoms with van der Waals surface area (Å²) in [5.41, 5.74) is 1.29. The van der Waals surface area contributed by atoms with Crippen LogP contribution in [0.4, 0.5) is 9.18 Å². The number of amides is 1. The maximum Gasteiger partial charge on any atom is 0.407 e. The predicted molar refractivity (Wildman–Crippen MR) is 121 cm³/mol.